The van der Waals surface area contributed by atoms with Gasteiger partial charge in [0.05, 0.1) is 13.0 Å². The van der Waals surface area contributed by atoms with Crippen LogP contribution in [0, 0.1) is 11.7 Å². The van der Waals surface area contributed by atoms with Crippen LogP contribution in [0.5, 0.6) is 5.75 Å². The molecule has 3 aromatic rings. The molecular weight excluding hydrogens is 473 g/mol. The zero-order chi connectivity index (χ0) is 24.8. The molecule has 1 atom stereocenters. The molecule has 2 aromatic carbocycles. The van der Waals surface area contributed by atoms with Crippen LogP contribution in [-0.2, 0) is 11.3 Å². The van der Waals surface area contributed by atoms with Crippen LogP contribution in [0.25, 0.3) is 0 Å². The number of likely N-dealkylation sites (tertiary alicyclic amines) is 1. The fourth-order valence-electron chi connectivity index (χ4n) is 3.74. The first kappa shape index (κ1) is 24.3. The highest BCUT2D eigenvalue weighted by Gasteiger charge is 2.31. The molecule has 1 saturated heterocycles. The zero-order valence-electron chi connectivity index (χ0n) is 19.0. The predicted molar refractivity (Wildman–Crippen MR) is 128 cm³/mol. The molecule has 11 heteroatoms. The van der Waals surface area contributed by atoms with Gasteiger partial charge >= 0.3 is 0 Å². The molecular formula is C24H24FN5O4S. The summed E-state index contributed by atoms with van der Waals surface area (Å²) in [4.78, 5) is 39.6. The SMILES string of the molecule is COc1ccc(NC(=O)c2nnc(C(=O)N3CCC[C@H](C(=O)NCc4ccccc4F)C3)s2)cc1. The molecule has 0 bridgehead atoms. The summed E-state index contributed by atoms with van der Waals surface area (Å²) < 4.78 is 18.9. The molecule has 0 spiro atoms. The average molecular weight is 498 g/mol. The minimum absolute atomic E-state index is 0.0559. The van der Waals surface area contributed by atoms with Crippen LogP contribution in [0.2, 0.25) is 0 Å². The number of methoxy groups -OCH3 is 1. The summed E-state index contributed by atoms with van der Waals surface area (Å²) in [6, 6.07) is 13.1. The monoisotopic (exact) mass is 497 g/mol. The van der Waals surface area contributed by atoms with Crippen LogP contribution in [0.4, 0.5) is 10.1 Å². The molecule has 2 heterocycles. The first-order valence-corrected chi connectivity index (χ1v) is 11.9. The van der Waals surface area contributed by atoms with Crippen molar-refractivity contribution in [3.63, 3.8) is 0 Å². The number of hydrogen-bond acceptors (Lipinski definition) is 7. The van der Waals surface area contributed by atoms with E-state index in [1.165, 1.54) is 6.07 Å². The Morgan fingerprint density at radius 1 is 1.11 bits per heavy atom. The van der Waals surface area contributed by atoms with Gasteiger partial charge in [-0.3, -0.25) is 14.4 Å². The lowest BCUT2D eigenvalue weighted by Crippen LogP contribution is -2.45. The van der Waals surface area contributed by atoms with Crippen molar-refractivity contribution < 1.29 is 23.5 Å². The van der Waals surface area contributed by atoms with E-state index in [0.717, 1.165) is 11.3 Å². The molecule has 2 N–H and O–H groups in total. The summed E-state index contributed by atoms with van der Waals surface area (Å²) in [6.45, 7) is 0.775. The smallest absolute Gasteiger partial charge is 0.286 e. The Kier molecular flexibility index (Phi) is 7.66. The van der Waals surface area contributed by atoms with E-state index in [1.807, 2.05) is 0 Å². The van der Waals surface area contributed by atoms with Crippen molar-refractivity contribution in [2.75, 3.05) is 25.5 Å². The van der Waals surface area contributed by atoms with Gasteiger partial charge in [0, 0.05) is 30.9 Å². The Morgan fingerprint density at radius 2 is 1.86 bits per heavy atom. The van der Waals surface area contributed by atoms with E-state index >= 15 is 0 Å². The maximum Gasteiger partial charge on any atom is 0.286 e. The van der Waals surface area contributed by atoms with E-state index in [9.17, 15) is 18.8 Å². The van der Waals surface area contributed by atoms with Gasteiger partial charge in [0.2, 0.25) is 15.9 Å². The number of halogens is 1. The second kappa shape index (κ2) is 11.0. The number of rotatable bonds is 7. The summed E-state index contributed by atoms with van der Waals surface area (Å²) >= 11 is 0.896. The van der Waals surface area contributed by atoms with Crippen LogP contribution >= 0.6 is 11.3 Å². The molecule has 0 radical (unpaired) electrons. The summed E-state index contributed by atoms with van der Waals surface area (Å²) in [6.07, 6.45) is 1.27. The third-order valence-corrected chi connectivity index (χ3v) is 6.55. The number of carbonyl (C=O) groups is 3. The molecule has 4 rings (SSSR count). The highest BCUT2D eigenvalue weighted by molar-refractivity contribution is 7.15. The number of anilines is 1. The summed E-state index contributed by atoms with van der Waals surface area (Å²) in [7, 11) is 1.55. The number of amides is 3. The molecule has 35 heavy (non-hydrogen) atoms. The topological polar surface area (TPSA) is 114 Å². The Morgan fingerprint density at radius 3 is 2.60 bits per heavy atom. The Balaban J connectivity index is 1.33. The minimum atomic E-state index is -0.476. The number of carbonyl (C=O) groups excluding carboxylic acids is 3. The Hall–Kier alpha value is -3.86. The van der Waals surface area contributed by atoms with Crippen molar-refractivity contribution >= 4 is 34.7 Å². The third-order valence-electron chi connectivity index (χ3n) is 5.64. The van der Waals surface area contributed by atoms with Crippen molar-refractivity contribution in [1.82, 2.24) is 20.4 Å². The van der Waals surface area contributed by atoms with Crippen molar-refractivity contribution in [3.05, 3.63) is 69.9 Å². The highest BCUT2D eigenvalue weighted by atomic mass is 32.1. The number of benzene rings is 2. The number of piperidine rings is 1. The molecule has 1 aromatic heterocycles. The number of hydrogen-bond donors (Lipinski definition) is 2. The second-order valence-corrected chi connectivity index (χ2v) is 8.97. The van der Waals surface area contributed by atoms with E-state index < -0.39 is 11.8 Å². The van der Waals surface area contributed by atoms with E-state index in [1.54, 1.807) is 54.5 Å². The Bertz CT molecular complexity index is 1220. The Labute approximate surface area is 205 Å². The van der Waals surface area contributed by atoms with Gasteiger partial charge < -0.3 is 20.3 Å². The lowest BCUT2D eigenvalue weighted by molar-refractivity contribution is -0.126. The maximum atomic E-state index is 13.8. The van der Waals surface area contributed by atoms with Gasteiger partial charge in [-0.25, -0.2) is 4.39 Å². The second-order valence-electron chi connectivity index (χ2n) is 7.99. The molecule has 0 saturated carbocycles. The number of aromatic nitrogens is 2. The molecule has 1 aliphatic heterocycles. The number of nitrogens with zero attached hydrogens (tertiary/aromatic N) is 3. The molecule has 182 valence electrons. The van der Waals surface area contributed by atoms with Crippen LogP contribution in [0.15, 0.2) is 48.5 Å². The van der Waals surface area contributed by atoms with Gasteiger partial charge in [0.1, 0.15) is 11.6 Å². The summed E-state index contributed by atoms with van der Waals surface area (Å²) in [5.41, 5.74) is 0.957. The van der Waals surface area contributed by atoms with Crippen molar-refractivity contribution in [1.29, 1.82) is 0 Å². The standard InChI is InChI=1S/C24H24FN5O4S/c1-34-18-10-8-17(9-11-18)27-21(32)22-28-29-23(35-22)24(33)30-12-4-6-16(14-30)20(31)26-13-15-5-2-3-7-19(15)25/h2-3,5,7-11,16H,4,6,12-14H2,1H3,(H,26,31)(H,27,32)/t16-/m0/s1. The number of nitrogens with one attached hydrogen (secondary N) is 2. The lowest BCUT2D eigenvalue weighted by Gasteiger charge is -2.31. The molecule has 0 unspecified atom stereocenters. The summed E-state index contributed by atoms with van der Waals surface area (Å²) in [5.74, 6) is -1.22. The van der Waals surface area contributed by atoms with Crippen molar-refractivity contribution in [2.24, 2.45) is 5.92 Å². The van der Waals surface area contributed by atoms with Crippen LogP contribution in [-0.4, -0.2) is 53.0 Å². The third kappa shape index (κ3) is 5.99. The van der Waals surface area contributed by atoms with Gasteiger partial charge in [-0.1, -0.05) is 29.5 Å². The number of ether oxygens (including phenoxy) is 1. The summed E-state index contributed by atoms with van der Waals surface area (Å²) in [5, 5.41) is 13.3. The van der Waals surface area contributed by atoms with Gasteiger partial charge in [0.15, 0.2) is 0 Å². The molecule has 1 fully saturated rings. The quantitative estimate of drug-likeness (QED) is 0.519. The maximum absolute atomic E-state index is 13.8. The van der Waals surface area contributed by atoms with E-state index in [0.29, 0.717) is 36.4 Å². The van der Waals surface area contributed by atoms with Gasteiger partial charge in [-0.2, -0.15) is 0 Å². The molecule has 1 aliphatic rings. The fourth-order valence-corrected chi connectivity index (χ4v) is 4.45. The van der Waals surface area contributed by atoms with E-state index in [4.69, 9.17) is 4.74 Å². The van der Waals surface area contributed by atoms with Gasteiger partial charge in [-0.05, 0) is 43.2 Å². The van der Waals surface area contributed by atoms with E-state index in [2.05, 4.69) is 20.8 Å². The normalized spacial score (nSPS) is 15.4. The molecule has 9 nitrogen and oxygen atoms in total. The van der Waals surface area contributed by atoms with Crippen LogP contribution in [0.1, 0.15) is 38.0 Å². The highest BCUT2D eigenvalue weighted by Crippen LogP contribution is 2.22. The first-order valence-electron chi connectivity index (χ1n) is 11.0. The first-order chi connectivity index (χ1) is 16.9. The minimum Gasteiger partial charge on any atom is -0.497 e. The zero-order valence-corrected chi connectivity index (χ0v) is 19.8. The van der Waals surface area contributed by atoms with Crippen molar-refractivity contribution in [3.8, 4) is 5.75 Å². The van der Waals surface area contributed by atoms with Crippen LogP contribution in [0.3, 0.4) is 0 Å². The van der Waals surface area contributed by atoms with Crippen LogP contribution < -0.4 is 15.4 Å². The predicted octanol–water partition coefficient (Wildman–Crippen LogP) is 3.11. The average Bonchev–Trinajstić information content (AvgIpc) is 3.39. The van der Waals surface area contributed by atoms with E-state index in [-0.39, 0.29) is 40.7 Å². The molecule has 3 amide bonds. The molecule has 0 aliphatic carbocycles. The lowest BCUT2D eigenvalue weighted by atomic mass is 9.97. The largest absolute Gasteiger partial charge is 0.497 e. The van der Waals surface area contributed by atoms with Crippen molar-refractivity contribution in [2.45, 2.75) is 19.4 Å². The van der Waals surface area contributed by atoms with Gasteiger partial charge in [-0.15, -0.1) is 10.2 Å². The van der Waals surface area contributed by atoms with Gasteiger partial charge in [0.25, 0.3) is 11.8 Å². The fraction of sp³-hybridized carbons (Fsp3) is 0.292.